The van der Waals surface area contributed by atoms with Gasteiger partial charge < -0.3 is 4.57 Å². The van der Waals surface area contributed by atoms with Crippen LogP contribution in [-0.2, 0) is 13.0 Å². The van der Waals surface area contributed by atoms with Crippen molar-refractivity contribution < 1.29 is 4.39 Å². The second-order valence-corrected chi connectivity index (χ2v) is 4.88. The fourth-order valence-electron chi connectivity index (χ4n) is 2.51. The third kappa shape index (κ3) is 2.38. The predicted octanol–water partition coefficient (Wildman–Crippen LogP) is 3.66. The van der Waals surface area contributed by atoms with Crippen LogP contribution in [0.25, 0.3) is 11.0 Å². The van der Waals surface area contributed by atoms with Crippen molar-refractivity contribution in [2.24, 2.45) is 0 Å². The minimum Gasteiger partial charge on any atom is -0.323 e. The standard InChI is InChI=1S/C17H14FN3/c1-2-17-20-15-5-3-4-6-16(15)21(17)11-12-7-8-14(18)13(9-12)10-19/h3-9H,2,11H2,1H3. The van der Waals surface area contributed by atoms with Crippen LogP contribution in [-0.4, -0.2) is 9.55 Å². The van der Waals surface area contributed by atoms with Crippen LogP contribution < -0.4 is 0 Å². The van der Waals surface area contributed by atoms with Crippen molar-refractivity contribution in [1.82, 2.24) is 9.55 Å². The van der Waals surface area contributed by atoms with E-state index in [1.165, 1.54) is 6.07 Å². The molecule has 0 atom stereocenters. The molecular formula is C17H14FN3. The van der Waals surface area contributed by atoms with Gasteiger partial charge in [0.25, 0.3) is 0 Å². The highest BCUT2D eigenvalue weighted by molar-refractivity contribution is 5.76. The van der Waals surface area contributed by atoms with Gasteiger partial charge in [0.1, 0.15) is 17.7 Å². The maximum Gasteiger partial charge on any atom is 0.140 e. The summed E-state index contributed by atoms with van der Waals surface area (Å²) in [6, 6.07) is 14.5. The second kappa shape index (κ2) is 5.37. The number of hydrogen-bond acceptors (Lipinski definition) is 2. The van der Waals surface area contributed by atoms with Crippen molar-refractivity contribution >= 4 is 11.0 Å². The van der Waals surface area contributed by atoms with Crippen molar-refractivity contribution in [2.45, 2.75) is 19.9 Å². The number of imidazole rings is 1. The molecule has 104 valence electrons. The summed E-state index contributed by atoms with van der Waals surface area (Å²) in [5, 5.41) is 8.93. The first-order valence-corrected chi connectivity index (χ1v) is 6.85. The number of para-hydroxylation sites is 2. The summed E-state index contributed by atoms with van der Waals surface area (Å²) < 4.78 is 15.5. The quantitative estimate of drug-likeness (QED) is 0.734. The number of nitriles is 1. The molecule has 0 amide bonds. The van der Waals surface area contributed by atoms with Gasteiger partial charge in [-0.2, -0.15) is 5.26 Å². The molecule has 0 fully saturated rings. The average Bonchev–Trinajstić information content (AvgIpc) is 2.87. The fraction of sp³-hybridized carbons (Fsp3) is 0.176. The van der Waals surface area contributed by atoms with E-state index in [2.05, 4.69) is 16.5 Å². The molecule has 0 aliphatic heterocycles. The molecule has 0 saturated carbocycles. The smallest absolute Gasteiger partial charge is 0.140 e. The molecule has 0 N–H and O–H groups in total. The van der Waals surface area contributed by atoms with Gasteiger partial charge in [0.15, 0.2) is 0 Å². The number of hydrogen-bond donors (Lipinski definition) is 0. The van der Waals surface area contributed by atoms with E-state index in [0.717, 1.165) is 28.8 Å². The molecule has 0 aliphatic rings. The summed E-state index contributed by atoms with van der Waals surface area (Å²) >= 11 is 0. The van der Waals surface area contributed by atoms with Crippen LogP contribution in [0.2, 0.25) is 0 Å². The molecule has 3 aromatic rings. The summed E-state index contributed by atoms with van der Waals surface area (Å²) in [6.45, 7) is 2.64. The molecule has 4 heteroatoms. The van der Waals surface area contributed by atoms with Gasteiger partial charge in [-0.25, -0.2) is 9.37 Å². The topological polar surface area (TPSA) is 41.6 Å². The molecule has 0 unspecified atom stereocenters. The molecule has 1 heterocycles. The largest absolute Gasteiger partial charge is 0.323 e. The van der Waals surface area contributed by atoms with Gasteiger partial charge >= 0.3 is 0 Å². The van der Waals surface area contributed by atoms with Crippen molar-refractivity contribution in [3.63, 3.8) is 0 Å². The monoisotopic (exact) mass is 279 g/mol. The Morgan fingerprint density at radius 3 is 2.81 bits per heavy atom. The lowest BCUT2D eigenvalue weighted by molar-refractivity contribution is 0.622. The van der Waals surface area contributed by atoms with E-state index < -0.39 is 5.82 Å². The first kappa shape index (κ1) is 13.3. The van der Waals surface area contributed by atoms with E-state index in [0.29, 0.717) is 6.54 Å². The lowest BCUT2D eigenvalue weighted by Gasteiger charge is -2.09. The van der Waals surface area contributed by atoms with Crippen LogP contribution in [0.5, 0.6) is 0 Å². The summed E-state index contributed by atoms with van der Waals surface area (Å²) in [6.07, 6.45) is 0.820. The van der Waals surface area contributed by atoms with E-state index >= 15 is 0 Å². The summed E-state index contributed by atoms with van der Waals surface area (Å²) in [4.78, 5) is 4.61. The van der Waals surface area contributed by atoms with Crippen LogP contribution in [0, 0.1) is 17.1 Å². The summed E-state index contributed by atoms with van der Waals surface area (Å²) in [5.41, 5.74) is 2.98. The Morgan fingerprint density at radius 1 is 1.24 bits per heavy atom. The Hall–Kier alpha value is -2.67. The third-order valence-corrected chi connectivity index (χ3v) is 3.54. The van der Waals surface area contributed by atoms with E-state index in [4.69, 9.17) is 5.26 Å². The highest BCUT2D eigenvalue weighted by Gasteiger charge is 2.10. The average molecular weight is 279 g/mol. The SMILES string of the molecule is CCc1nc2ccccc2n1Cc1ccc(F)c(C#N)c1. The minimum absolute atomic E-state index is 0.0787. The van der Waals surface area contributed by atoms with E-state index in [1.807, 2.05) is 30.3 Å². The summed E-state index contributed by atoms with van der Waals surface area (Å²) in [5.74, 6) is 0.506. The van der Waals surface area contributed by atoms with Gasteiger partial charge in [0, 0.05) is 13.0 Å². The lowest BCUT2D eigenvalue weighted by atomic mass is 10.1. The molecule has 0 bridgehead atoms. The zero-order valence-corrected chi connectivity index (χ0v) is 11.7. The Balaban J connectivity index is 2.07. The normalized spacial score (nSPS) is 10.7. The van der Waals surface area contributed by atoms with Gasteiger partial charge in [0.05, 0.1) is 16.6 Å². The highest BCUT2D eigenvalue weighted by atomic mass is 19.1. The molecule has 3 nitrogen and oxygen atoms in total. The Morgan fingerprint density at radius 2 is 2.05 bits per heavy atom. The minimum atomic E-state index is -0.479. The first-order valence-electron chi connectivity index (χ1n) is 6.85. The zero-order chi connectivity index (χ0) is 14.8. The van der Waals surface area contributed by atoms with E-state index in [9.17, 15) is 4.39 Å². The van der Waals surface area contributed by atoms with Crippen molar-refractivity contribution in [1.29, 1.82) is 5.26 Å². The van der Waals surface area contributed by atoms with Crippen molar-refractivity contribution in [2.75, 3.05) is 0 Å². The number of benzene rings is 2. The molecular weight excluding hydrogens is 265 g/mol. The third-order valence-electron chi connectivity index (χ3n) is 3.54. The number of aryl methyl sites for hydroxylation is 1. The predicted molar refractivity (Wildman–Crippen MR) is 79.3 cm³/mol. The Bertz CT molecular complexity index is 843. The maximum atomic E-state index is 13.4. The van der Waals surface area contributed by atoms with E-state index in [1.54, 1.807) is 12.1 Å². The van der Waals surface area contributed by atoms with Gasteiger partial charge in [-0.1, -0.05) is 25.1 Å². The van der Waals surface area contributed by atoms with Crippen molar-refractivity contribution in [3.8, 4) is 6.07 Å². The zero-order valence-electron chi connectivity index (χ0n) is 11.7. The maximum absolute atomic E-state index is 13.4. The number of nitrogens with zero attached hydrogens (tertiary/aromatic N) is 3. The molecule has 1 aromatic heterocycles. The molecule has 3 rings (SSSR count). The molecule has 0 aliphatic carbocycles. The van der Waals surface area contributed by atoms with Crippen LogP contribution in [0.15, 0.2) is 42.5 Å². The van der Waals surface area contributed by atoms with Gasteiger partial charge in [-0.3, -0.25) is 0 Å². The highest BCUT2D eigenvalue weighted by Crippen LogP contribution is 2.19. The number of fused-ring (bicyclic) bond motifs is 1. The number of halogens is 1. The Labute approximate surface area is 122 Å². The van der Waals surface area contributed by atoms with Crippen LogP contribution >= 0.6 is 0 Å². The van der Waals surface area contributed by atoms with Gasteiger partial charge in [-0.05, 0) is 29.8 Å². The number of aromatic nitrogens is 2. The van der Waals surface area contributed by atoms with E-state index in [-0.39, 0.29) is 5.56 Å². The molecule has 21 heavy (non-hydrogen) atoms. The van der Waals surface area contributed by atoms with Gasteiger partial charge in [-0.15, -0.1) is 0 Å². The van der Waals surface area contributed by atoms with Gasteiger partial charge in [0.2, 0.25) is 0 Å². The molecule has 2 aromatic carbocycles. The molecule has 0 spiro atoms. The van der Waals surface area contributed by atoms with Crippen molar-refractivity contribution in [3.05, 3.63) is 65.2 Å². The summed E-state index contributed by atoms with van der Waals surface area (Å²) in [7, 11) is 0. The molecule has 0 radical (unpaired) electrons. The fourth-order valence-corrected chi connectivity index (χ4v) is 2.51. The van der Waals surface area contributed by atoms with Crippen LogP contribution in [0.1, 0.15) is 23.9 Å². The van der Waals surface area contributed by atoms with Crippen LogP contribution in [0.3, 0.4) is 0 Å². The Kier molecular flexibility index (Phi) is 3.41. The molecule has 0 saturated heterocycles. The van der Waals surface area contributed by atoms with Crippen LogP contribution in [0.4, 0.5) is 4.39 Å². The lowest BCUT2D eigenvalue weighted by Crippen LogP contribution is -2.05. The number of rotatable bonds is 3. The first-order chi connectivity index (χ1) is 10.2. The second-order valence-electron chi connectivity index (χ2n) is 4.88.